The summed E-state index contributed by atoms with van der Waals surface area (Å²) >= 11 is 0. The van der Waals surface area contributed by atoms with E-state index in [-0.39, 0.29) is 29.4 Å². The van der Waals surface area contributed by atoms with E-state index in [0.717, 1.165) is 27.2 Å². The van der Waals surface area contributed by atoms with Crippen molar-refractivity contribution in [2.75, 3.05) is 13.2 Å². The molecule has 168 valence electrons. The van der Waals surface area contributed by atoms with Gasteiger partial charge in [0.05, 0.1) is 11.8 Å². The molecule has 1 saturated heterocycles. The number of ketones is 1. The first-order valence-corrected chi connectivity index (χ1v) is 11.3. The fourth-order valence-corrected chi connectivity index (χ4v) is 5.92. The Balaban J connectivity index is 1.25. The molecule has 2 amide bonds. The van der Waals surface area contributed by atoms with E-state index in [4.69, 9.17) is 4.74 Å². The van der Waals surface area contributed by atoms with Crippen molar-refractivity contribution in [3.63, 3.8) is 0 Å². The van der Waals surface area contributed by atoms with E-state index in [1.54, 1.807) is 30.3 Å². The first-order chi connectivity index (χ1) is 16.6. The van der Waals surface area contributed by atoms with Gasteiger partial charge in [-0.2, -0.15) is 0 Å². The van der Waals surface area contributed by atoms with E-state index in [1.807, 2.05) is 48.5 Å². The molecule has 0 N–H and O–H groups in total. The summed E-state index contributed by atoms with van der Waals surface area (Å²) in [5, 5.41) is 0. The second-order valence-corrected chi connectivity index (χ2v) is 8.98. The number of likely N-dealkylation sites (tertiary alicyclic amines) is 1. The monoisotopic (exact) mass is 451 g/mol. The highest BCUT2D eigenvalue weighted by Crippen LogP contribution is 2.60. The zero-order valence-electron chi connectivity index (χ0n) is 18.2. The lowest BCUT2D eigenvalue weighted by Crippen LogP contribution is -2.41. The van der Waals surface area contributed by atoms with Gasteiger partial charge in [-0.1, -0.05) is 78.9 Å². The Hall–Kier alpha value is -4.06. The molecule has 6 heteroatoms. The third kappa shape index (κ3) is 2.95. The molecule has 0 unspecified atom stereocenters. The van der Waals surface area contributed by atoms with Crippen molar-refractivity contribution in [1.29, 1.82) is 0 Å². The molecule has 1 aliphatic heterocycles. The first kappa shape index (κ1) is 20.5. The van der Waals surface area contributed by atoms with Crippen LogP contribution in [0.5, 0.6) is 0 Å². The molecule has 6 nitrogen and oxygen atoms in total. The quantitative estimate of drug-likeness (QED) is 0.338. The van der Waals surface area contributed by atoms with Gasteiger partial charge in [0.1, 0.15) is 6.54 Å². The number of hydrogen-bond donors (Lipinski definition) is 0. The summed E-state index contributed by atoms with van der Waals surface area (Å²) in [6.07, 6.45) is 0. The van der Waals surface area contributed by atoms with Gasteiger partial charge in [0.25, 0.3) is 0 Å². The smallest absolute Gasteiger partial charge is 0.326 e. The van der Waals surface area contributed by atoms with E-state index >= 15 is 0 Å². The van der Waals surface area contributed by atoms with Crippen LogP contribution in [0, 0.1) is 11.8 Å². The molecule has 3 aliphatic carbocycles. The van der Waals surface area contributed by atoms with Gasteiger partial charge in [-0.05, 0) is 22.3 Å². The summed E-state index contributed by atoms with van der Waals surface area (Å²) in [7, 11) is 0. The van der Waals surface area contributed by atoms with Gasteiger partial charge in [-0.15, -0.1) is 0 Å². The Morgan fingerprint density at radius 3 is 1.59 bits per heavy atom. The molecule has 0 saturated carbocycles. The second-order valence-electron chi connectivity index (χ2n) is 8.98. The summed E-state index contributed by atoms with van der Waals surface area (Å²) in [5.74, 6) is -3.33. The molecule has 2 atom stereocenters. The molecule has 2 bridgehead atoms. The predicted octanol–water partition coefficient (Wildman–Crippen LogP) is 3.30. The van der Waals surface area contributed by atoms with Crippen molar-refractivity contribution in [3.8, 4) is 0 Å². The van der Waals surface area contributed by atoms with Crippen LogP contribution in [0.1, 0.15) is 44.4 Å². The lowest BCUT2D eigenvalue weighted by atomic mass is 9.55. The minimum absolute atomic E-state index is 0.223. The molecule has 1 fully saturated rings. The van der Waals surface area contributed by atoms with Crippen molar-refractivity contribution >= 4 is 23.6 Å². The molecule has 3 aromatic rings. The minimum Gasteiger partial charge on any atom is -0.456 e. The van der Waals surface area contributed by atoms with Gasteiger partial charge in [-0.3, -0.25) is 24.1 Å². The summed E-state index contributed by atoms with van der Waals surface area (Å²) in [5.41, 5.74) is 4.73. The van der Waals surface area contributed by atoms with Gasteiger partial charge in [0, 0.05) is 17.4 Å². The number of ether oxygens (including phenoxy) is 1. The largest absolute Gasteiger partial charge is 0.456 e. The van der Waals surface area contributed by atoms with Gasteiger partial charge in [-0.25, -0.2) is 0 Å². The summed E-state index contributed by atoms with van der Waals surface area (Å²) in [6, 6.07) is 24.5. The number of Topliss-reactive ketones (excluding diaryl/α,β-unsaturated/α-hetero) is 1. The average molecular weight is 451 g/mol. The number of esters is 1. The first-order valence-electron chi connectivity index (χ1n) is 11.3. The maximum Gasteiger partial charge on any atom is 0.326 e. The Morgan fingerprint density at radius 1 is 0.676 bits per heavy atom. The maximum atomic E-state index is 13.5. The molecule has 1 heterocycles. The highest BCUT2D eigenvalue weighted by molar-refractivity contribution is 6.09. The van der Waals surface area contributed by atoms with Crippen molar-refractivity contribution in [3.05, 3.63) is 107 Å². The fourth-order valence-electron chi connectivity index (χ4n) is 5.92. The van der Waals surface area contributed by atoms with Crippen LogP contribution in [-0.4, -0.2) is 41.6 Å². The van der Waals surface area contributed by atoms with E-state index < -0.39 is 31.0 Å². The SMILES string of the molecule is O=C(CN1C(=O)[C@@H]2C3c4ccccc4C(c4ccccc43)[C@@H]2C1=O)OCC(=O)c1ccccc1. The van der Waals surface area contributed by atoms with Crippen LogP contribution in [-0.2, 0) is 19.1 Å². The Labute approximate surface area is 196 Å². The number of carbonyl (C=O) groups is 4. The Bertz CT molecular complexity index is 1230. The molecule has 0 radical (unpaired) electrons. The van der Waals surface area contributed by atoms with Gasteiger partial charge in [0.2, 0.25) is 11.8 Å². The number of carbonyl (C=O) groups excluding carboxylic acids is 4. The number of nitrogens with zero attached hydrogens (tertiary/aromatic N) is 1. The van der Waals surface area contributed by atoms with Crippen LogP contribution >= 0.6 is 0 Å². The Kier molecular flexibility index (Phi) is 4.69. The number of hydrogen-bond acceptors (Lipinski definition) is 5. The molecule has 34 heavy (non-hydrogen) atoms. The van der Waals surface area contributed by atoms with Crippen LogP contribution in [0.15, 0.2) is 78.9 Å². The van der Waals surface area contributed by atoms with Crippen molar-refractivity contribution in [2.45, 2.75) is 11.8 Å². The molecule has 4 aliphatic rings. The van der Waals surface area contributed by atoms with E-state index in [1.165, 1.54) is 0 Å². The van der Waals surface area contributed by atoms with Crippen molar-refractivity contribution in [1.82, 2.24) is 4.90 Å². The fraction of sp³-hybridized carbons (Fsp3) is 0.214. The standard InChI is InChI=1S/C28H21NO5/c30-21(16-8-2-1-3-9-16)15-34-22(31)14-29-27(32)25-23-17-10-4-5-11-18(17)24(26(25)28(29)33)20-13-7-6-12-19(20)23/h1-13,23-26H,14-15H2/t23?,24?,25-,26+. The molecule has 3 aromatic carbocycles. The second kappa shape index (κ2) is 7.76. The minimum atomic E-state index is -0.771. The number of amides is 2. The van der Waals surface area contributed by atoms with Crippen molar-refractivity contribution < 1.29 is 23.9 Å². The normalized spacial score (nSPS) is 23.8. The number of imide groups is 1. The number of rotatable bonds is 5. The molecule has 7 rings (SSSR count). The Morgan fingerprint density at radius 2 is 1.12 bits per heavy atom. The van der Waals surface area contributed by atoms with Crippen LogP contribution < -0.4 is 0 Å². The molecular formula is C28H21NO5. The zero-order valence-corrected chi connectivity index (χ0v) is 18.2. The summed E-state index contributed by atoms with van der Waals surface area (Å²) in [6.45, 7) is -0.924. The van der Waals surface area contributed by atoms with Gasteiger partial charge < -0.3 is 4.74 Å². The van der Waals surface area contributed by atoms with Gasteiger partial charge >= 0.3 is 5.97 Å². The van der Waals surface area contributed by atoms with Gasteiger partial charge in [0.15, 0.2) is 12.4 Å². The van der Waals surface area contributed by atoms with E-state index in [9.17, 15) is 19.2 Å². The molecule has 0 spiro atoms. The highest BCUT2D eigenvalue weighted by Gasteiger charge is 2.61. The van der Waals surface area contributed by atoms with Crippen LogP contribution in [0.4, 0.5) is 0 Å². The highest BCUT2D eigenvalue weighted by atomic mass is 16.5. The molecule has 0 aromatic heterocycles. The predicted molar refractivity (Wildman–Crippen MR) is 122 cm³/mol. The third-order valence-electron chi connectivity index (χ3n) is 7.29. The number of benzene rings is 3. The lowest BCUT2D eigenvalue weighted by Gasteiger charge is -2.45. The zero-order chi connectivity index (χ0) is 23.4. The summed E-state index contributed by atoms with van der Waals surface area (Å²) in [4.78, 5) is 52.8. The third-order valence-corrected chi connectivity index (χ3v) is 7.29. The lowest BCUT2D eigenvalue weighted by molar-refractivity contribution is -0.152. The van der Waals surface area contributed by atoms with E-state index in [0.29, 0.717) is 5.56 Å². The average Bonchev–Trinajstić information content (AvgIpc) is 3.13. The topological polar surface area (TPSA) is 80.8 Å². The van der Waals surface area contributed by atoms with Crippen LogP contribution in [0.2, 0.25) is 0 Å². The van der Waals surface area contributed by atoms with E-state index in [2.05, 4.69) is 0 Å². The van der Waals surface area contributed by atoms with Crippen molar-refractivity contribution in [2.24, 2.45) is 11.8 Å². The molecular weight excluding hydrogens is 430 g/mol. The summed E-state index contributed by atoms with van der Waals surface area (Å²) < 4.78 is 5.13. The maximum absolute atomic E-state index is 13.5. The van der Waals surface area contributed by atoms with Crippen LogP contribution in [0.3, 0.4) is 0 Å². The van der Waals surface area contributed by atoms with Crippen LogP contribution in [0.25, 0.3) is 0 Å².